The van der Waals surface area contributed by atoms with Crippen molar-refractivity contribution in [1.82, 2.24) is 15.5 Å². The van der Waals surface area contributed by atoms with Crippen LogP contribution in [0, 0.1) is 0 Å². The molecule has 8 nitrogen and oxygen atoms in total. The summed E-state index contributed by atoms with van der Waals surface area (Å²) >= 11 is 0. The molecule has 0 spiro atoms. The Labute approximate surface area is 130 Å². The molecule has 3 rings (SSSR count). The zero-order valence-electron chi connectivity index (χ0n) is 11.9. The van der Waals surface area contributed by atoms with E-state index >= 15 is 0 Å². The molecule has 1 aromatic carbocycles. The maximum atomic E-state index is 12.0. The Balaban J connectivity index is 1.65. The smallest absolute Gasteiger partial charge is 0.319 e. The Bertz CT molecular complexity index is 869. The predicted octanol–water partition coefficient (Wildman–Crippen LogP) is 1.64. The summed E-state index contributed by atoms with van der Waals surface area (Å²) < 4.78 is 4.89. The van der Waals surface area contributed by atoms with Gasteiger partial charge in [-0.25, -0.2) is 4.79 Å². The highest BCUT2D eigenvalue weighted by Gasteiger charge is 2.11. The van der Waals surface area contributed by atoms with Crippen LogP contribution < -0.4 is 16.4 Å². The third-order valence-electron chi connectivity index (χ3n) is 3.12. The fraction of sp³-hybridized carbons (Fsp3) is 0.0667. The molecule has 2 heterocycles. The average Bonchev–Trinajstić information content (AvgIpc) is 3.03. The lowest BCUT2D eigenvalue weighted by molar-refractivity contribution is 0.0991. The first-order valence-electron chi connectivity index (χ1n) is 6.77. The fourth-order valence-corrected chi connectivity index (χ4v) is 2.05. The number of carbonyl (C=O) groups is 2. The van der Waals surface area contributed by atoms with Crippen molar-refractivity contribution in [3.63, 3.8) is 0 Å². The van der Waals surface area contributed by atoms with Gasteiger partial charge in [0.25, 0.3) is 5.91 Å². The molecule has 0 aliphatic heterocycles. The van der Waals surface area contributed by atoms with E-state index in [4.69, 9.17) is 10.3 Å². The van der Waals surface area contributed by atoms with Crippen LogP contribution in [0.4, 0.5) is 10.5 Å². The van der Waals surface area contributed by atoms with Gasteiger partial charge in [0.1, 0.15) is 0 Å². The molecule has 0 unspecified atom stereocenters. The van der Waals surface area contributed by atoms with Crippen LogP contribution in [0.2, 0.25) is 0 Å². The first kappa shape index (κ1) is 14.5. The number of carbonyl (C=O) groups excluding carboxylic acids is 2. The summed E-state index contributed by atoms with van der Waals surface area (Å²) in [5, 5.41) is 9.73. The molecule has 116 valence electrons. The lowest BCUT2D eigenvalue weighted by atomic mass is 10.2. The predicted molar refractivity (Wildman–Crippen MR) is 82.6 cm³/mol. The minimum absolute atomic E-state index is 0.0143. The molecule has 0 aliphatic carbocycles. The van der Waals surface area contributed by atoms with E-state index in [0.29, 0.717) is 17.0 Å². The van der Waals surface area contributed by atoms with E-state index < -0.39 is 11.9 Å². The van der Waals surface area contributed by atoms with Crippen LogP contribution in [-0.2, 0) is 6.54 Å². The lowest BCUT2D eigenvalue weighted by Crippen LogP contribution is -2.28. The number of benzene rings is 1. The molecule has 23 heavy (non-hydrogen) atoms. The monoisotopic (exact) mass is 311 g/mol. The number of anilines is 1. The van der Waals surface area contributed by atoms with Gasteiger partial charge in [-0.15, -0.1) is 0 Å². The molecular formula is C15H13N5O3. The van der Waals surface area contributed by atoms with E-state index in [1.54, 1.807) is 12.3 Å². The van der Waals surface area contributed by atoms with Gasteiger partial charge in [-0.1, -0.05) is 23.4 Å². The number of urea groups is 1. The van der Waals surface area contributed by atoms with Gasteiger partial charge in [0.2, 0.25) is 0 Å². The molecule has 0 atom stereocenters. The second-order valence-electron chi connectivity index (χ2n) is 4.73. The number of rotatable bonds is 4. The minimum Gasteiger partial charge on any atom is -0.364 e. The Kier molecular flexibility index (Phi) is 3.88. The van der Waals surface area contributed by atoms with Gasteiger partial charge in [-0.3, -0.25) is 9.78 Å². The Morgan fingerprint density at radius 2 is 2.04 bits per heavy atom. The largest absolute Gasteiger partial charge is 0.364 e. The van der Waals surface area contributed by atoms with Crippen molar-refractivity contribution in [3.05, 3.63) is 54.0 Å². The SMILES string of the molecule is NC(=O)c1cc(CNC(=O)Nc2cccc3cccnc23)on1. The van der Waals surface area contributed by atoms with Crippen LogP contribution in [0.5, 0.6) is 0 Å². The van der Waals surface area contributed by atoms with Crippen molar-refractivity contribution in [2.75, 3.05) is 5.32 Å². The Morgan fingerprint density at radius 3 is 2.83 bits per heavy atom. The number of aromatic nitrogens is 2. The number of nitrogens with two attached hydrogens (primary N) is 1. The summed E-state index contributed by atoms with van der Waals surface area (Å²) in [6.07, 6.45) is 1.66. The third kappa shape index (κ3) is 3.26. The van der Waals surface area contributed by atoms with Crippen LogP contribution in [0.15, 0.2) is 47.1 Å². The lowest BCUT2D eigenvalue weighted by Gasteiger charge is -2.08. The molecule has 0 saturated carbocycles. The van der Waals surface area contributed by atoms with Crippen molar-refractivity contribution >= 4 is 28.5 Å². The second-order valence-corrected chi connectivity index (χ2v) is 4.73. The summed E-state index contributed by atoms with van der Waals surface area (Å²) in [4.78, 5) is 27.1. The molecule has 4 N–H and O–H groups in total. The van der Waals surface area contributed by atoms with E-state index in [9.17, 15) is 9.59 Å². The third-order valence-corrected chi connectivity index (χ3v) is 3.12. The van der Waals surface area contributed by atoms with Gasteiger partial charge >= 0.3 is 6.03 Å². The molecule has 2 aromatic heterocycles. The molecule has 0 radical (unpaired) electrons. The second kappa shape index (κ2) is 6.14. The van der Waals surface area contributed by atoms with E-state index in [2.05, 4.69) is 20.8 Å². The topological polar surface area (TPSA) is 123 Å². The highest BCUT2D eigenvalue weighted by Crippen LogP contribution is 2.20. The first-order chi connectivity index (χ1) is 11.1. The summed E-state index contributed by atoms with van der Waals surface area (Å²) in [5.74, 6) is -0.365. The van der Waals surface area contributed by atoms with E-state index in [0.717, 1.165) is 5.39 Å². The molecule has 0 saturated heterocycles. The minimum atomic E-state index is -0.689. The number of amides is 3. The number of hydrogen-bond acceptors (Lipinski definition) is 5. The van der Waals surface area contributed by atoms with Gasteiger partial charge in [0, 0.05) is 17.6 Å². The van der Waals surface area contributed by atoms with Crippen molar-refractivity contribution in [2.45, 2.75) is 6.54 Å². The molecule has 0 fully saturated rings. The zero-order chi connectivity index (χ0) is 16.2. The molecular weight excluding hydrogens is 298 g/mol. The van der Waals surface area contributed by atoms with Gasteiger partial charge < -0.3 is 20.9 Å². The van der Waals surface area contributed by atoms with Crippen molar-refractivity contribution in [2.24, 2.45) is 5.73 Å². The fourth-order valence-electron chi connectivity index (χ4n) is 2.05. The van der Waals surface area contributed by atoms with Gasteiger partial charge in [0.05, 0.1) is 17.7 Å². The quantitative estimate of drug-likeness (QED) is 0.676. The average molecular weight is 311 g/mol. The molecule has 3 amide bonds. The Hall–Kier alpha value is -3.42. The van der Waals surface area contributed by atoms with Crippen LogP contribution in [0.3, 0.4) is 0 Å². The summed E-state index contributed by atoms with van der Waals surface area (Å²) in [6, 6.07) is 10.2. The van der Waals surface area contributed by atoms with Crippen LogP contribution in [0.25, 0.3) is 10.9 Å². The number of pyridine rings is 1. The highest BCUT2D eigenvalue weighted by molar-refractivity contribution is 5.99. The van der Waals surface area contributed by atoms with Crippen LogP contribution in [0.1, 0.15) is 16.2 Å². The van der Waals surface area contributed by atoms with E-state index in [1.165, 1.54) is 6.07 Å². The maximum Gasteiger partial charge on any atom is 0.319 e. The van der Waals surface area contributed by atoms with Crippen molar-refractivity contribution in [3.8, 4) is 0 Å². The van der Waals surface area contributed by atoms with E-state index in [1.807, 2.05) is 24.3 Å². The highest BCUT2D eigenvalue weighted by atomic mass is 16.5. The number of primary amides is 1. The molecule has 0 aliphatic rings. The van der Waals surface area contributed by atoms with E-state index in [-0.39, 0.29) is 12.2 Å². The zero-order valence-corrected chi connectivity index (χ0v) is 11.9. The summed E-state index contributed by atoms with van der Waals surface area (Å²) in [7, 11) is 0. The number of nitrogens with zero attached hydrogens (tertiary/aromatic N) is 2. The normalized spacial score (nSPS) is 10.4. The van der Waals surface area contributed by atoms with Crippen molar-refractivity contribution in [1.29, 1.82) is 0 Å². The number of nitrogens with one attached hydrogen (secondary N) is 2. The maximum absolute atomic E-state index is 12.0. The molecule has 8 heteroatoms. The Morgan fingerprint density at radius 1 is 1.22 bits per heavy atom. The number of hydrogen-bond donors (Lipinski definition) is 3. The molecule has 3 aromatic rings. The summed E-state index contributed by atoms with van der Waals surface area (Å²) in [5.41, 5.74) is 6.37. The van der Waals surface area contributed by atoms with Gasteiger partial charge in [-0.2, -0.15) is 0 Å². The first-order valence-corrected chi connectivity index (χ1v) is 6.77. The van der Waals surface area contributed by atoms with Gasteiger partial charge in [0.15, 0.2) is 11.5 Å². The van der Waals surface area contributed by atoms with Crippen molar-refractivity contribution < 1.29 is 14.1 Å². The number of fused-ring (bicyclic) bond motifs is 1. The van der Waals surface area contributed by atoms with Gasteiger partial charge in [-0.05, 0) is 12.1 Å². The standard InChI is InChI=1S/C15H13N5O3/c16-14(21)12-7-10(23-20-12)8-18-15(22)19-11-5-1-3-9-4-2-6-17-13(9)11/h1-7H,8H2,(H2,16,21)(H2,18,19,22). The summed E-state index contributed by atoms with van der Waals surface area (Å²) in [6.45, 7) is 0.0737. The van der Waals surface area contributed by atoms with Crippen LogP contribution in [-0.4, -0.2) is 22.1 Å². The number of para-hydroxylation sites is 1. The molecule has 0 bridgehead atoms. The van der Waals surface area contributed by atoms with Crippen LogP contribution >= 0.6 is 0 Å².